The van der Waals surface area contributed by atoms with E-state index in [4.69, 9.17) is 12.2 Å². The standard InChI is InChI=1S/C20H40S/c1-4-7-8-9-10-11-12-13-14-15-16-17-18-20(5-2,6-3)19-21/h19H,4-18H2,1-3H3. The maximum Gasteiger partial charge on any atom is -0.00188 e. The van der Waals surface area contributed by atoms with Gasteiger partial charge in [0.25, 0.3) is 0 Å². The molecule has 0 aliphatic carbocycles. The van der Waals surface area contributed by atoms with Crippen molar-refractivity contribution >= 4 is 17.6 Å². The Labute approximate surface area is 140 Å². The molecular weight excluding hydrogens is 272 g/mol. The lowest BCUT2D eigenvalue weighted by Crippen LogP contribution is -2.19. The van der Waals surface area contributed by atoms with E-state index < -0.39 is 0 Å². The third-order valence-corrected chi connectivity index (χ3v) is 5.69. The molecule has 0 rings (SSSR count). The van der Waals surface area contributed by atoms with Crippen molar-refractivity contribution in [2.24, 2.45) is 5.41 Å². The molecule has 0 atom stereocenters. The van der Waals surface area contributed by atoms with Crippen LogP contribution in [-0.4, -0.2) is 5.37 Å². The molecular formula is C20H40S. The van der Waals surface area contributed by atoms with Gasteiger partial charge in [-0.3, -0.25) is 0 Å². The zero-order chi connectivity index (χ0) is 15.8. The Morgan fingerprint density at radius 3 is 1.33 bits per heavy atom. The maximum absolute atomic E-state index is 5.25. The first kappa shape index (κ1) is 21.1. The molecule has 0 heterocycles. The molecule has 0 bridgehead atoms. The van der Waals surface area contributed by atoms with Crippen molar-refractivity contribution in [1.82, 2.24) is 0 Å². The lowest BCUT2D eigenvalue weighted by molar-refractivity contribution is 0.352. The molecule has 0 aliphatic rings. The highest BCUT2D eigenvalue weighted by Gasteiger charge is 2.21. The van der Waals surface area contributed by atoms with Gasteiger partial charge in [0.15, 0.2) is 0 Å². The second-order valence-corrected chi connectivity index (χ2v) is 7.06. The Morgan fingerprint density at radius 1 is 0.619 bits per heavy atom. The van der Waals surface area contributed by atoms with Crippen LogP contribution in [0.25, 0.3) is 0 Å². The van der Waals surface area contributed by atoms with Gasteiger partial charge in [0.2, 0.25) is 0 Å². The van der Waals surface area contributed by atoms with Crippen molar-refractivity contribution in [1.29, 1.82) is 0 Å². The Morgan fingerprint density at radius 2 is 1.00 bits per heavy atom. The van der Waals surface area contributed by atoms with Gasteiger partial charge in [-0.1, -0.05) is 110 Å². The van der Waals surface area contributed by atoms with E-state index >= 15 is 0 Å². The van der Waals surface area contributed by atoms with Gasteiger partial charge in [-0.2, -0.15) is 0 Å². The van der Waals surface area contributed by atoms with E-state index in [1.54, 1.807) is 0 Å². The molecule has 0 saturated carbocycles. The molecule has 0 aromatic heterocycles. The zero-order valence-corrected chi connectivity index (χ0v) is 15.9. The average Bonchev–Trinajstić information content (AvgIpc) is 2.53. The number of rotatable bonds is 16. The molecule has 0 aromatic rings. The van der Waals surface area contributed by atoms with Crippen molar-refractivity contribution in [3.05, 3.63) is 0 Å². The highest BCUT2D eigenvalue weighted by atomic mass is 32.1. The van der Waals surface area contributed by atoms with Crippen LogP contribution in [-0.2, 0) is 0 Å². The fourth-order valence-corrected chi connectivity index (χ4v) is 3.60. The Kier molecular flexibility index (Phi) is 15.1. The van der Waals surface area contributed by atoms with Crippen molar-refractivity contribution in [2.75, 3.05) is 0 Å². The molecule has 0 radical (unpaired) electrons. The monoisotopic (exact) mass is 312 g/mol. The van der Waals surface area contributed by atoms with Crippen LogP contribution >= 0.6 is 12.2 Å². The number of thiocarbonyl (C=S) groups is 1. The van der Waals surface area contributed by atoms with E-state index in [1.807, 2.05) is 5.37 Å². The van der Waals surface area contributed by atoms with Crippen LogP contribution < -0.4 is 0 Å². The van der Waals surface area contributed by atoms with Gasteiger partial charge >= 0.3 is 0 Å². The topological polar surface area (TPSA) is 0 Å². The average molecular weight is 313 g/mol. The molecule has 0 N–H and O–H groups in total. The summed E-state index contributed by atoms with van der Waals surface area (Å²) in [5, 5.41) is 2.05. The first-order chi connectivity index (χ1) is 10.2. The number of hydrogen-bond donors (Lipinski definition) is 0. The van der Waals surface area contributed by atoms with Crippen molar-refractivity contribution in [3.63, 3.8) is 0 Å². The molecule has 0 amide bonds. The molecule has 0 nitrogen and oxygen atoms in total. The number of hydrogen-bond acceptors (Lipinski definition) is 1. The van der Waals surface area contributed by atoms with Gasteiger partial charge in [-0.05, 0) is 30.0 Å². The smallest absolute Gasteiger partial charge is 0.00188 e. The van der Waals surface area contributed by atoms with Gasteiger partial charge in [-0.25, -0.2) is 0 Å². The first-order valence-corrected chi connectivity index (χ1v) is 10.2. The molecule has 0 saturated heterocycles. The summed E-state index contributed by atoms with van der Waals surface area (Å²) in [6.45, 7) is 6.86. The lowest BCUT2D eigenvalue weighted by Gasteiger charge is -2.26. The fourth-order valence-electron chi connectivity index (χ4n) is 3.15. The van der Waals surface area contributed by atoms with E-state index in [9.17, 15) is 0 Å². The van der Waals surface area contributed by atoms with Crippen molar-refractivity contribution < 1.29 is 0 Å². The summed E-state index contributed by atoms with van der Waals surface area (Å²) in [5.74, 6) is 0. The predicted molar refractivity (Wildman–Crippen MR) is 102 cm³/mol. The third kappa shape index (κ3) is 11.3. The SMILES string of the molecule is CCCCCCCCCCCCCCC(C=S)(CC)CC. The number of unbranched alkanes of at least 4 members (excludes halogenated alkanes) is 11. The minimum Gasteiger partial charge on any atom is -0.0929 e. The zero-order valence-electron chi connectivity index (χ0n) is 15.1. The van der Waals surface area contributed by atoms with E-state index in [2.05, 4.69) is 20.8 Å². The largest absolute Gasteiger partial charge is 0.0929 e. The van der Waals surface area contributed by atoms with Gasteiger partial charge in [0.1, 0.15) is 0 Å². The maximum atomic E-state index is 5.25. The molecule has 126 valence electrons. The minimum absolute atomic E-state index is 0.355. The van der Waals surface area contributed by atoms with Crippen LogP contribution in [0.3, 0.4) is 0 Å². The Balaban J connectivity index is 3.31. The highest BCUT2D eigenvalue weighted by Crippen LogP contribution is 2.31. The Hall–Kier alpha value is 0.0900. The van der Waals surface area contributed by atoms with Crippen LogP contribution in [0.5, 0.6) is 0 Å². The quantitative estimate of drug-likeness (QED) is 0.206. The molecule has 0 unspecified atom stereocenters. The molecule has 0 aromatic carbocycles. The lowest BCUT2D eigenvalue weighted by atomic mass is 9.79. The van der Waals surface area contributed by atoms with Crippen LogP contribution in [0.1, 0.15) is 117 Å². The van der Waals surface area contributed by atoms with E-state index in [0.717, 1.165) is 0 Å². The summed E-state index contributed by atoms with van der Waals surface area (Å²) in [6, 6.07) is 0. The summed E-state index contributed by atoms with van der Waals surface area (Å²) in [7, 11) is 0. The summed E-state index contributed by atoms with van der Waals surface area (Å²) >= 11 is 5.25. The van der Waals surface area contributed by atoms with Crippen LogP contribution in [0, 0.1) is 5.41 Å². The summed E-state index contributed by atoms with van der Waals surface area (Å²) in [4.78, 5) is 0. The summed E-state index contributed by atoms with van der Waals surface area (Å²) in [5.41, 5.74) is 0.355. The molecule has 0 fully saturated rings. The minimum atomic E-state index is 0.355. The summed E-state index contributed by atoms with van der Waals surface area (Å²) < 4.78 is 0. The molecule has 0 aliphatic heterocycles. The van der Waals surface area contributed by atoms with Crippen LogP contribution in [0.15, 0.2) is 0 Å². The van der Waals surface area contributed by atoms with Gasteiger partial charge in [-0.15, -0.1) is 0 Å². The summed E-state index contributed by atoms with van der Waals surface area (Å²) in [6.07, 6.45) is 20.9. The second kappa shape index (κ2) is 15.0. The third-order valence-electron chi connectivity index (χ3n) is 5.19. The molecule has 0 spiro atoms. The van der Waals surface area contributed by atoms with E-state index in [0.29, 0.717) is 5.41 Å². The van der Waals surface area contributed by atoms with Gasteiger partial charge in [0.05, 0.1) is 0 Å². The predicted octanol–water partition coefficient (Wildman–Crippen LogP) is 7.88. The first-order valence-electron chi connectivity index (χ1n) is 9.71. The van der Waals surface area contributed by atoms with Crippen molar-refractivity contribution in [2.45, 2.75) is 117 Å². The fraction of sp³-hybridized carbons (Fsp3) is 0.950. The highest BCUT2D eigenvalue weighted by molar-refractivity contribution is 7.79. The normalized spacial score (nSPS) is 11.8. The van der Waals surface area contributed by atoms with Gasteiger partial charge < -0.3 is 0 Å². The van der Waals surface area contributed by atoms with Gasteiger partial charge in [0, 0.05) is 0 Å². The van der Waals surface area contributed by atoms with Crippen LogP contribution in [0.2, 0.25) is 0 Å². The van der Waals surface area contributed by atoms with Crippen molar-refractivity contribution in [3.8, 4) is 0 Å². The van der Waals surface area contributed by atoms with E-state index in [-0.39, 0.29) is 0 Å². The van der Waals surface area contributed by atoms with Crippen LogP contribution in [0.4, 0.5) is 0 Å². The Bertz CT molecular complexity index is 218. The molecule has 1 heteroatoms. The van der Waals surface area contributed by atoms with E-state index in [1.165, 1.54) is 96.3 Å². The molecule has 21 heavy (non-hydrogen) atoms. The second-order valence-electron chi connectivity index (χ2n) is 6.83.